The summed E-state index contributed by atoms with van der Waals surface area (Å²) >= 11 is 0. The molecule has 154 valence electrons. The fraction of sp³-hybridized carbons (Fsp3) is 0.609. The Hall–Kier alpha value is -1.85. The lowest BCUT2D eigenvalue weighted by molar-refractivity contribution is 0.257. The van der Waals surface area contributed by atoms with Crippen LogP contribution < -0.4 is 10.2 Å². The van der Waals surface area contributed by atoms with Crippen molar-refractivity contribution >= 4 is 5.69 Å². The summed E-state index contributed by atoms with van der Waals surface area (Å²) in [6, 6.07) is 13.0. The number of rotatable bonds is 8. The number of hydrogen-bond acceptors (Lipinski definition) is 4. The maximum absolute atomic E-state index is 4.86. The maximum atomic E-state index is 4.86. The molecule has 0 bridgehead atoms. The Kier molecular flexibility index (Phi) is 7.13. The van der Waals surface area contributed by atoms with Crippen molar-refractivity contribution in [3.8, 4) is 0 Å². The van der Waals surface area contributed by atoms with Crippen LogP contribution in [-0.2, 0) is 18.5 Å². The van der Waals surface area contributed by atoms with Crippen molar-refractivity contribution < 1.29 is 0 Å². The van der Waals surface area contributed by atoms with Crippen molar-refractivity contribution in [1.82, 2.24) is 20.0 Å². The summed E-state index contributed by atoms with van der Waals surface area (Å²) in [5, 5.41) is 8.46. The molecule has 1 saturated heterocycles. The van der Waals surface area contributed by atoms with E-state index in [2.05, 4.69) is 83.9 Å². The molecular formula is C23H37N5. The Bertz CT molecular complexity index is 708. The van der Waals surface area contributed by atoms with Crippen LogP contribution in [0.15, 0.2) is 36.4 Å². The van der Waals surface area contributed by atoms with E-state index in [-0.39, 0.29) is 5.54 Å². The third kappa shape index (κ3) is 5.58. The van der Waals surface area contributed by atoms with Gasteiger partial charge in [-0.3, -0.25) is 9.58 Å². The van der Waals surface area contributed by atoms with Crippen molar-refractivity contribution in [3.05, 3.63) is 47.8 Å². The average molecular weight is 384 g/mol. The van der Waals surface area contributed by atoms with Crippen LogP contribution in [0.1, 0.15) is 45.5 Å². The molecule has 1 aromatic carbocycles. The molecule has 0 atom stereocenters. The highest BCUT2D eigenvalue weighted by atomic mass is 15.3. The summed E-state index contributed by atoms with van der Waals surface area (Å²) in [6.45, 7) is 16.4. The minimum absolute atomic E-state index is 0.0428. The predicted molar refractivity (Wildman–Crippen MR) is 118 cm³/mol. The first-order chi connectivity index (χ1) is 13.5. The number of benzene rings is 1. The fourth-order valence-electron chi connectivity index (χ4n) is 3.90. The van der Waals surface area contributed by atoms with Gasteiger partial charge in [0.1, 0.15) is 0 Å². The predicted octanol–water partition coefficient (Wildman–Crippen LogP) is 3.50. The zero-order valence-electron chi connectivity index (χ0n) is 18.1. The van der Waals surface area contributed by atoms with Crippen LogP contribution in [0, 0.1) is 0 Å². The molecule has 0 saturated carbocycles. The second kappa shape index (κ2) is 9.57. The van der Waals surface area contributed by atoms with E-state index in [4.69, 9.17) is 5.10 Å². The standard InChI is InChI=1S/C23H37N5/c1-5-9-22-18-20(25-28(22)23(2,3)4)19-24-12-13-26-14-16-27(17-15-26)21-10-7-6-8-11-21/h6-8,10-11,18,24H,5,9,12-17,19H2,1-4H3. The molecule has 0 amide bonds. The van der Waals surface area contributed by atoms with E-state index in [0.29, 0.717) is 0 Å². The highest BCUT2D eigenvalue weighted by Gasteiger charge is 2.19. The molecule has 1 N–H and O–H groups in total. The van der Waals surface area contributed by atoms with E-state index in [1.54, 1.807) is 0 Å². The van der Waals surface area contributed by atoms with Gasteiger partial charge >= 0.3 is 0 Å². The molecule has 1 fully saturated rings. The number of anilines is 1. The topological polar surface area (TPSA) is 36.3 Å². The third-order valence-electron chi connectivity index (χ3n) is 5.38. The van der Waals surface area contributed by atoms with E-state index in [1.807, 2.05) is 0 Å². The van der Waals surface area contributed by atoms with Gasteiger partial charge in [0.25, 0.3) is 0 Å². The average Bonchev–Trinajstić information content (AvgIpc) is 3.10. The molecule has 0 radical (unpaired) electrons. The number of piperazine rings is 1. The van der Waals surface area contributed by atoms with Crippen LogP contribution in [0.3, 0.4) is 0 Å². The lowest BCUT2D eigenvalue weighted by Gasteiger charge is -2.36. The first-order valence-electron chi connectivity index (χ1n) is 10.8. The minimum atomic E-state index is 0.0428. The van der Waals surface area contributed by atoms with E-state index in [0.717, 1.165) is 64.3 Å². The Morgan fingerprint density at radius 3 is 2.39 bits per heavy atom. The zero-order valence-corrected chi connectivity index (χ0v) is 18.1. The van der Waals surface area contributed by atoms with Gasteiger partial charge in [0.15, 0.2) is 0 Å². The van der Waals surface area contributed by atoms with Crippen molar-refractivity contribution in [1.29, 1.82) is 0 Å². The number of hydrogen-bond donors (Lipinski definition) is 1. The highest BCUT2D eigenvalue weighted by Crippen LogP contribution is 2.19. The smallest absolute Gasteiger partial charge is 0.0765 e. The van der Waals surface area contributed by atoms with Gasteiger partial charge in [-0.05, 0) is 45.4 Å². The molecule has 0 aliphatic carbocycles. The second-order valence-corrected chi connectivity index (χ2v) is 8.80. The van der Waals surface area contributed by atoms with Gasteiger partial charge in [-0.1, -0.05) is 31.5 Å². The minimum Gasteiger partial charge on any atom is -0.369 e. The van der Waals surface area contributed by atoms with E-state index in [9.17, 15) is 0 Å². The molecule has 5 heteroatoms. The van der Waals surface area contributed by atoms with Crippen LogP contribution in [-0.4, -0.2) is 53.9 Å². The molecule has 28 heavy (non-hydrogen) atoms. The monoisotopic (exact) mass is 383 g/mol. The normalized spacial score (nSPS) is 15.9. The summed E-state index contributed by atoms with van der Waals surface area (Å²) in [4.78, 5) is 5.04. The van der Waals surface area contributed by atoms with Crippen molar-refractivity contribution in [3.63, 3.8) is 0 Å². The molecule has 3 rings (SSSR count). The SMILES string of the molecule is CCCc1cc(CNCCN2CCN(c3ccccc3)CC2)nn1C(C)(C)C. The van der Waals surface area contributed by atoms with Crippen molar-refractivity contribution in [2.75, 3.05) is 44.2 Å². The summed E-state index contributed by atoms with van der Waals surface area (Å²) in [7, 11) is 0. The first-order valence-corrected chi connectivity index (χ1v) is 10.8. The van der Waals surface area contributed by atoms with E-state index < -0.39 is 0 Å². The van der Waals surface area contributed by atoms with Crippen LogP contribution >= 0.6 is 0 Å². The van der Waals surface area contributed by atoms with Crippen molar-refractivity contribution in [2.24, 2.45) is 0 Å². The van der Waals surface area contributed by atoms with Gasteiger partial charge in [-0.15, -0.1) is 0 Å². The quantitative estimate of drug-likeness (QED) is 0.708. The maximum Gasteiger partial charge on any atom is 0.0765 e. The highest BCUT2D eigenvalue weighted by molar-refractivity contribution is 5.46. The molecular weight excluding hydrogens is 346 g/mol. The largest absolute Gasteiger partial charge is 0.369 e. The Morgan fingerprint density at radius 1 is 1.04 bits per heavy atom. The van der Waals surface area contributed by atoms with E-state index >= 15 is 0 Å². The van der Waals surface area contributed by atoms with Gasteiger partial charge in [0.05, 0.1) is 11.2 Å². The van der Waals surface area contributed by atoms with Gasteiger partial charge < -0.3 is 10.2 Å². The lowest BCUT2D eigenvalue weighted by Crippen LogP contribution is -2.48. The van der Waals surface area contributed by atoms with Gasteiger partial charge in [0.2, 0.25) is 0 Å². The number of aromatic nitrogens is 2. The molecule has 0 unspecified atom stereocenters. The van der Waals surface area contributed by atoms with Gasteiger partial charge in [-0.2, -0.15) is 5.10 Å². The summed E-state index contributed by atoms with van der Waals surface area (Å²) in [6.07, 6.45) is 2.25. The zero-order chi connectivity index (χ0) is 20.0. The van der Waals surface area contributed by atoms with E-state index in [1.165, 1.54) is 11.4 Å². The van der Waals surface area contributed by atoms with Crippen LogP contribution in [0.25, 0.3) is 0 Å². The molecule has 2 aromatic rings. The molecule has 5 nitrogen and oxygen atoms in total. The summed E-state index contributed by atoms with van der Waals surface area (Å²) in [5.74, 6) is 0. The number of aryl methyl sites for hydroxylation is 1. The second-order valence-electron chi connectivity index (χ2n) is 8.80. The van der Waals surface area contributed by atoms with Crippen LogP contribution in [0.2, 0.25) is 0 Å². The fourth-order valence-corrected chi connectivity index (χ4v) is 3.90. The number of nitrogens with one attached hydrogen (secondary N) is 1. The van der Waals surface area contributed by atoms with Crippen LogP contribution in [0.5, 0.6) is 0 Å². The van der Waals surface area contributed by atoms with Crippen LogP contribution in [0.4, 0.5) is 5.69 Å². The Balaban J connectivity index is 1.41. The molecule has 1 aromatic heterocycles. The van der Waals surface area contributed by atoms with Gasteiger partial charge in [0, 0.05) is 57.2 Å². The number of para-hydroxylation sites is 1. The summed E-state index contributed by atoms with van der Waals surface area (Å²) < 4.78 is 2.20. The third-order valence-corrected chi connectivity index (χ3v) is 5.38. The van der Waals surface area contributed by atoms with Crippen molar-refractivity contribution in [2.45, 2.75) is 52.6 Å². The molecule has 1 aliphatic heterocycles. The first kappa shape index (κ1) is 20.9. The summed E-state index contributed by atoms with van der Waals surface area (Å²) in [5.41, 5.74) is 3.90. The Morgan fingerprint density at radius 2 is 1.75 bits per heavy atom. The number of nitrogens with zero attached hydrogens (tertiary/aromatic N) is 4. The molecule has 0 spiro atoms. The Labute approximate surface area is 170 Å². The van der Waals surface area contributed by atoms with Gasteiger partial charge in [-0.25, -0.2) is 0 Å². The molecule has 1 aliphatic rings. The lowest BCUT2D eigenvalue weighted by atomic mass is 10.1. The molecule has 2 heterocycles.